The zero-order valence-corrected chi connectivity index (χ0v) is 15.3. The van der Waals surface area contributed by atoms with Crippen LogP contribution < -0.4 is 15.4 Å². The van der Waals surface area contributed by atoms with Crippen LogP contribution in [0.4, 0.5) is 17.1 Å². The molecule has 0 heterocycles. The van der Waals surface area contributed by atoms with Crippen molar-refractivity contribution >= 4 is 28.9 Å². The van der Waals surface area contributed by atoms with Crippen LogP contribution in [0.5, 0.6) is 5.75 Å². The summed E-state index contributed by atoms with van der Waals surface area (Å²) < 4.78 is 9.95. The van der Waals surface area contributed by atoms with Crippen LogP contribution in [0.15, 0.2) is 48.5 Å². The zero-order chi connectivity index (χ0) is 20.4. The monoisotopic (exact) mass is 387 g/mol. The Morgan fingerprint density at radius 2 is 1.82 bits per heavy atom. The summed E-state index contributed by atoms with van der Waals surface area (Å²) in [5.74, 6) is -0.301. The molecule has 0 aliphatic rings. The summed E-state index contributed by atoms with van der Waals surface area (Å²) in [7, 11) is 1.55. The second kappa shape index (κ2) is 10.5. The van der Waals surface area contributed by atoms with Crippen molar-refractivity contribution in [3.8, 4) is 5.75 Å². The molecule has 0 aromatic heterocycles. The molecule has 2 aromatic carbocycles. The number of nitrogens with zero attached hydrogens (tertiary/aromatic N) is 1. The van der Waals surface area contributed by atoms with Crippen molar-refractivity contribution in [2.24, 2.45) is 0 Å². The maximum atomic E-state index is 11.8. The van der Waals surface area contributed by atoms with Crippen LogP contribution in [0, 0.1) is 10.1 Å². The Hall–Kier alpha value is -3.62. The van der Waals surface area contributed by atoms with Gasteiger partial charge in [0.25, 0.3) is 11.6 Å². The minimum atomic E-state index is -0.519. The molecule has 0 spiro atoms. The number of methoxy groups -OCH3 is 1. The van der Waals surface area contributed by atoms with Crippen LogP contribution in [0.3, 0.4) is 0 Å². The summed E-state index contributed by atoms with van der Waals surface area (Å²) in [6, 6.07) is 13.0. The number of esters is 1. The molecule has 0 saturated heterocycles. The van der Waals surface area contributed by atoms with Gasteiger partial charge in [0.15, 0.2) is 6.61 Å². The number of benzene rings is 2. The maximum Gasteiger partial charge on any atom is 0.306 e. The molecule has 2 aromatic rings. The lowest BCUT2D eigenvalue weighted by Gasteiger charge is -2.08. The van der Waals surface area contributed by atoms with Crippen molar-refractivity contribution in [3.63, 3.8) is 0 Å². The Kier molecular flexibility index (Phi) is 7.77. The summed E-state index contributed by atoms with van der Waals surface area (Å²) in [6.45, 7) is -0.0273. The molecule has 9 heteroatoms. The van der Waals surface area contributed by atoms with E-state index in [-0.39, 0.29) is 18.7 Å². The summed E-state index contributed by atoms with van der Waals surface area (Å²) >= 11 is 0. The number of nitro benzene ring substituents is 1. The van der Waals surface area contributed by atoms with E-state index in [1.165, 1.54) is 6.07 Å². The van der Waals surface area contributed by atoms with Gasteiger partial charge in [-0.1, -0.05) is 12.1 Å². The van der Waals surface area contributed by atoms with E-state index in [0.717, 1.165) is 0 Å². The van der Waals surface area contributed by atoms with Gasteiger partial charge in [0.2, 0.25) is 0 Å². The fourth-order valence-corrected chi connectivity index (χ4v) is 2.33. The molecule has 0 fully saturated rings. The minimum Gasteiger partial charge on any atom is -0.497 e. The number of carbonyl (C=O) groups excluding carboxylic acids is 2. The van der Waals surface area contributed by atoms with Crippen LogP contribution in [-0.4, -0.2) is 37.1 Å². The largest absolute Gasteiger partial charge is 0.497 e. The Morgan fingerprint density at radius 3 is 2.50 bits per heavy atom. The fourth-order valence-electron chi connectivity index (χ4n) is 2.33. The first-order valence-electron chi connectivity index (χ1n) is 8.56. The van der Waals surface area contributed by atoms with E-state index in [4.69, 9.17) is 9.47 Å². The molecule has 0 aliphatic carbocycles. The highest BCUT2D eigenvalue weighted by atomic mass is 16.6. The van der Waals surface area contributed by atoms with E-state index < -0.39 is 16.8 Å². The van der Waals surface area contributed by atoms with Crippen LogP contribution >= 0.6 is 0 Å². The lowest BCUT2D eigenvalue weighted by Crippen LogP contribution is -2.21. The number of amides is 1. The number of nitro groups is 1. The van der Waals surface area contributed by atoms with Gasteiger partial charge in [-0.25, -0.2) is 0 Å². The van der Waals surface area contributed by atoms with Crippen LogP contribution in [0.25, 0.3) is 0 Å². The van der Waals surface area contributed by atoms with E-state index in [9.17, 15) is 19.7 Å². The van der Waals surface area contributed by atoms with Gasteiger partial charge in [0.05, 0.1) is 12.0 Å². The predicted octanol–water partition coefficient (Wildman–Crippen LogP) is 2.98. The molecule has 0 unspecified atom stereocenters. The first-order chi connectivity index (χ1) is 13.5. The number of para-hydroxylation sites is 2. The molecule has 148 valence electrons. The minimum absolute atomic E-state index is 0.0275. The highest BCUT2D eigenvalue weighted by Crippen LogP contribution is 2.23. The van der Waals surface area contributed by atoms with Crippen molar-refractivity contribution in [1.82, 2.24) is 0 Å². The molecule has 0 aliphatic heterocycles. The lowest BCUT2D eigenvalue weighted by atomic mass is 10.2. The molecule has 0 atom stereocenters. The van der Waals surface area contributed by atoms with Crippen molar-refractivity contribution in [2.75, 3.05) is 30.9 Å². The van der Waals surface area contributed by atoms with Crippen molar-refractivity contribution in [1.29, 1.82) is 0 Å². The predicted molar refractivity (Wildman–Crippen MR) is 103 cm³/mol. The number of hydrogen-bond acceptors (Lipinski definition) is 7. The zero-order valence-electron chi connectivity index (χ0n) is 15.3. The molecule has 0 saturated carbocycles. The van der Waals surface area contributed by atoms with Crippen LogP contribution in [0.2, 0.25) is 0 Å². The summed E-state index contributed by atoms with van der Waals surface area (Å²) in [6.07, 6.45) is 0.494. The molecule has 2 rings (SSSR count). The third-order valence-corrected chi connectivity index (χ3v) is 3.71. The SMILES string of the molecule is COc1ccc(NC(=O)COC(=O)CCCNc2ccccc2[N+](=O)[O-])cc1. The number of ether oxygens (including phenoxy) is 2. The average molecular weight is 387 g/mol. The smallest absolute Gasteiger partial charge is 0.306 e. The first kappa shape index (κ1) is 20.7. The Morgan fingerprint density at radius 1 is 1.11 bits per heavy atom. The third-order valence-electron chi connectivity index (χ3n) is 3.71. The number of rotatable bonds is 10. The molecular weight excluding hydrogens is 366 g/mol. The summed E-state index contributed by atoms with van der Waals surface area (Å²) in [4.78, 5) is 34.0. The van der Waals surface area contributed by atoms with Crippen LogP contribution in [-0.2, 0) is 14.3 Å². The Labute approximate surface area is 161 Å². The highest BCUT2D eigenvalue weighted by molar-refractivity contribution is 5.92. The quantitative estimate of drug-likeness (QED) is 0.278. The second-order valence-electron chi connectivity index (χ2n) is 5.74. The molecule has 0 radical (unpaired) electrons. The van der Waals surface area contributed by atoms with Gasteiger partial charge >= 0.3 is 5.97 Å². The van der Waals surface area contributed by atoms with Gasteiger partial charge in [-0.05, 0) is 36.8 Å². The number of nitrogens with one attached hydrogen (secondary N) is 2. The second-order valence-corrected chi connectivity index (χ2v) is 5.74. The first-order valence-corrected chi connectivity index (χ1v) is 8.56. The van der Waals surface area contributed by atoms with E-state index in [1.807, 2.05) is 0 Å². The van der Waals surface area contributed by atoms with E-state index in [0.29, 0.717) is 30.1 Å². The lowest BCUT2D eigenvalue weighted by molar-refractivity contribution is -0.384. The van der Waals surface area contributed by atoms with Gasteiger partial charge in [-0.3, -0.25) is 19.7 Å². The molecule has 0 bridgehead atoms. The van der Waals surface area contributed by atoms with Gasteiger partial charge in [-0.15, -0.1) is 0 Å². The van der Waals surface area contributed by atoms with E-state index in [1.54, 1.807) is 49.6 Å². The molecule has 9 nitrogen and oxygen atoms in total. The maximum absolute atomic E-state index is 11.8. The highest BCUT2D eigenvalue weighted by Gasteiger charge is 2.12. The fraction of sp³-hybridized carbons (Fsp3) is 0.263. The van der Waals surface area contributed by atoms with E-state index in [2.05, 4.69) is 10.6 Å². The Balaban J connectivity index is 1.66. The average Bonchev–Trinajstić information content (AvgIpc) is 2.70. The van der Waals surface area contributed by atoms with Gasteiger partial charge in [0, 0.05) is 24.7 Å². The standard InChI is InChI=1S/C19H21N3O6/c1-27-15-10-8-14(9-11-15)21-18(23)13-28-19(24)7-4-12-20-16-5-2-3-6-17(16)22(25)26/h2-3,5-6,8-11,20H,4,7,12-13H2,1H3,(H,21,23). The molecular formula is C19H21N3O6. The van der Waals surface area contributed by atoms with Gasteiger partial charge < -0.3 is 20.1 Å². The number of carbonyl (C=O) groups is 2. The molecule has 28 heavy (non-hydrogen) atoms. The van der Waals surface area contributed by atoms with Crippen molar-refractivity contribution in [2.45, 2.75) is 12.8 Å². The molecule has 2 N–H and O–H groups in total. The third kappa shape index (κ3) is 6.60. The normalized spacial score (nSPS) is 10.0. The number of anilines is 2. The van der Waals surface area contributed by atoms with Crippen molar-refractivity contribution < 1.29 is 24.0 Å². The summed E-state index contributed by atoms with van der Waals surface area (Å²) in [5.41, 5.74) is 0.926. The Bertz CT molecular complexity index is 823. The topological polar surface area (TPSA) is 120 Å². The van der Waals surface area contributed by atoms with Gasteiger partial charge in [-0.2, -0.15) is 0 Å². The summed E-state index contributed by atoms with van der Waals surface area (Å²) in [5, 5.41) is 16.4. The van der Waals surface area contributed by atoms with E-state index >= 15 is 0 Å². The number of hydrogen-bond donors (Lipinski definition) is 2. The van der Waals surface area contributed by atoms with Gasteiger partial charge in [0.1, 0.15) is 11.4 Å². The van der Waals surface area contributed by atoms with Crippen molar-refractivity contribution in [3.05, 3.63) is 58.6 Å². The molecule has 1 amide bonds. The van der Waals surface area contributed by atoms with Crippen LogP contribution in [0.1, 0.15) is 12.8 Å².